The molecule has 1 heterocycles. The molecule has 0 spiro atoms. The number of nitro benzene ring substituents is 1. The van der Waals surface area contributed by atoms with Gasteiger partial charge >= 0.3 is 0 Å². The van der Waals surface area contributed by atoms with Crippen LogP contribution in [0.15, 0.2) is 18.2 Å². The van der Waals surface area contributed by atoms with Gasteiger partial charge in [-0.1, -0.05) is 6.07 Å². The van der Waals surface area contributed by atoms with Crippen LogP contribution in [0.4, 0.5) is 20.2 Å². The predicted molar refractivity (Wildman–Crippen MR) is 64.2 cm³/mol. The fourth-order valence-electron chi connectivity index (χ4n) is 2.13. The Balaban J connectivity index is 2.34. The number of rotatable bonds is 2. The second-order valence-corrected chi connectivity index (χ2v) is 4.38. The first-order valence-electron chi connectivity index (χ1n) is 5.75. The fraction of sp³-hybridized carbons (Fsp3) is 0.417. The smallest absolute Gasteiger partial charge is 0.289 e. The molecule has 0 aromatic heterocycles. The first kappa shape index (κ1) is 13.2. The van der Waals surface area contributed by atoms with Gasteiger partial charge < -0.3 is 4.90 Å². The molecule has 1 aromatic carbocycles. The molecule has 7 heteroatoms. The molecule has 0 aliphatic carbocycles. The molecule has 1 fully saturated rings. The number of hydrogen-bond acceptors (Lipinski definition) is 4. The van der Waals surface area contributed by atoms with Crippen molar-refractivity contribution >= 4 is 11.4 Å². The monoisotopic (exact) mass is 267 g/mol. The average molecular weight is 267 g/mol. The molecule has 0 amide bonds. The zero-order chi connectivity index (χ0) is 14.0. The van der Waals surface area contributed by atoms with Gasteiger partial charge in [-0.25, -0.2) is 8.78 Å². The Hall–Kier alpha value is -2.23. The summed E-state index contributed by atoms with van der Waals surface area (Å²) in [5, 5.41) is 19.9. The van der Waals surface area contributed by atoms with Gasteiger partial charge in [-0.2, -0.15) is 5.26 Å². The zero-order valence-corrected chi connectivity index (χ0v) is 9.97. The van der Waals surface area contributed by atoms with E-state index < -0.39 is 10.8 Å². The molecule has 1 aliphatic heterocycles. The molecule has 0 unspecified atom stereocenters. The van der Waals surface area contributed by atoms with Gasteiger partial charge in [0.05, 0.1) is 10.6 Å². The summed E-state index contributed by atoms with van der Waals surface area (Å²) in [5.41, 5.74) is -0.0118. The van der Waals surface area contributed by atoms with E-state index in [0.29, 0.717) is 5.69 Å². The Kier molecular flexibility index (Phi) is 3.34. The SMILES string of the molecule is N#Cc1c(N2CCC(F)(F)CC2)cccc1[N+](=O)[O-]. The van der Waals surface area contributed by atoms with E-state index in [4.69, 9.17) is 5.26 Å². The van der Waals surface area contributed by atoms with Crippen molar-refractivity contribution in [3.8, 4) is 6.07 Å². The van der Waals surface area contributed by atoms with Crippen LogP contribution in [0.25, 0.3) is 0 Å². The standard InChI is InChI=1S/C12H11F2N3O2/c13-12(14)4-6-16(7-5-12)10-2-1-3-11(17(18)19)9(10)8-15/h1-3H,4-7H2. The van der Waals surface area contributed by atoms with Gasteiger partial charge in [-0.15, -0.1) is 0 Å². The summed E-state index contributed by atoms with van der Waals surface area (Å²) in [7, 11) is 0. The van der Waals surface area contributed by atoms with Crippen molar-refractivity contribution in [3.05, 3.63) is 33.9 Å². The summed E-state index contributed by atoms with van der Waals surface area (Å²) in [6, 6.07) is 6.04. The summed E-state index contributed by atoms with van der Waals surface area (Å²) in [5.74, 6) is -2.69. The zero-order valence-electron chi connectivity index (χ0n) is 9.97. The Bertz CT molecular complexity index is 544. The lowest BCUT2D eigenvalue weighted by Crippen LogP contribution is -2.39. The largest absolute Gasteiger partial charge is 0.370 e. The van der Waals surface area contributed by atoms with Crippen LogP contribution in [-0.4, -0.2) is 23.9 Å². The lowest BCUT2D eigenvalue weighted by Gasteiger charge is -2.33. The van der Waals surface area contributed by atoms with Crippen molar-refractivity contribution in [2.75, 3.05) is 18.0 Å². The molecule has 0 N–H and O–H groups in total. The maximum Gasteiger partial charge on any atom is 0.289 e. The summed E-state index contributed by atoms with van der Waals surface area (Å²) in [6.45, 7) is 0.172. The van der Waals surface area contributed by atoms with Crippen molar-refractivity contribution in [2.45, 2.75) is 18.8 Å². The molecule has 2 rings (SSSR count). The number of nitriles is 1. The molecule has 1 saturated heterocycles. The van der Waals surface area contributed by atoms with Gasteiger partial charge in [0.2, 0.25) is 0 Å². The molecule has 0 atom stereocenters. The van der Waals surface area contributed by atoms with E-state index in [9.17, 15) is 18.9 Å². The summed E-state index contributed by atoms with van der Waals surface area (Å²) >= 11 is 0. The van der Waals surface area contributed by atoms with Crippen LogP contribution in [0, 0.1) is 21.4 Å². The van der Waals surface area contributed by atoms with Crippen LogP contribution in [0.1, 0.15) is 18.4 Å². The number of anilines is 1. The lowest BCUT2D eigenvalue weighted by molar-refractivity contribution is -0.385. The quantitative estimate of drug-likeness (QED) is 0.610. The van der Waals surface area contributed by atoms with Gasteiger partial charge in [0, 0.05) is 32.0 Å². The van der Waals surface area contributed by atoms with E-state index in [1.54, 1.807) is 17.0 Å². The summed E-state index contributed by atoms with van der Waals surface area (Å²) in [4.78, 5) is 11.8. The molecule has 1 aromatic rings. The highest BCUT2D eigenvalue weighted by Crippen LogP contribution is 2.34. The highest BCUT2D eigenvalue weighted by atomic mass is 19.3. The maximum atomic E-state index is 13.1. The van der Waals surface area contributed by atoms with Crippen molar-refractivity contribution in [1.82, 2.24) is 0 Å². The molecule has 5 nitrogen and oxygen atoms in total. The predicted octanol–water partition coefficient (Wildman–Crippen LogP) is 2.70. The highest BCUT2D eigenvalue weighted by molar-refractivity contribution is 5.67. The van der Waals surface area contributed by atoms with E-state index in [1.165, 1.54) is 12.1 Å². The van der Waals surface area contributed by atoms with E-state index >= 15 is 0 Å². The third kappa shape index (κ3) is 2.62. The third-order valence-electron chi connectivity index (χ3n) is 3.16. The van der Waals surface area contributed by atoms with Gasteiger partial charge in [0.25, 0.3) is 11.6 Å². The van der Waals surface area contributed by atoms with Crippen molar-refractivity contribution < 1.29 is 13.7 Å². The highest BCUT2D eigenvalue weighted by Gasteiger charge is 2.35. The molecule has 0 saturated carbocycles. The van der Waals surface area contributed by atoms with Gasteiger partial charge in [-0.3, -0.25) is 10.1 Å². The molecule has 100 valence electrons. The van der Waals surface area contributed by atoms with Gasteiger partial charge in [-0.05, 0) is 6.07 Å². The minimum Gasteiger partial charge on any atom is -0.370 e. The van der Waals surface area contributed by atoms with Gasteiger partial charge in [0.15, 0.2) is 5.56 Å². The summed E-state index contributed by atoms with van der Waals surface area (Å²) < 4.78 is 26.2. The number of hydrogen-bond donors (Lipinski definition) is 0. The first-order chi connectivity index (χ1) is 8.94. The number of nitrogens with zero attached hydrogens (tertiary/aromatic N) is 3. The maximum absolute atomic E-state index is 13.1. The summed E-state index contributed by atoms with van der Waals surface area (Å²) in [6.07, 6.45) is -0.610. The first-order valence-corrected chi connectivity index (χ1v) is 5.75. The van der Waals surface area contributed by atoms with Crippen LogP contribution >= 0.6 is 0 Å². The van der Waals surface area contributed by atoms with Gasteiger partial charge in [0.1, 0.15) is 6.07 Å². The molecular weight excluding hydrogens is 256 g/mol. The molecule has 1 aliphatic rings. The fourth-order valence-corrected chi connectivity index (χ4v) is 2.13. The van der Waals surface area contributed by atoms with E-state index in [-0.39, 0.29) is 37.2 Å². The van der Waals surface area contributed by atoms with Crippen LogP contribution in [0.3, 0.4) is 0 Å². The number of piperidine rings is 1. The van der Waals surface area contributed by atoms with Crippen molar-refractivity contribution in [2.24, 2.45) is 0 Å². The Morgan fingerprint density at radius 2 is 2.00 bits per heavy atom. The van der Waals surface area contributed by atoms with Crippen LogP contribution in [-0.2, 0) is 0 Å². The van der Waals surface area contributed by atoms with E-state index in [2.05, 4.69) is 0 Å². The number of halogens is 2. The Labute approximate surface area is 108 Å². The Morgan fingerprint density at radius 3 is 2.53 bits per heavy atom. The molecular formula is C12H11F2N3O2. The van der Waals surface area contributed by atoms with Crippen LogP contribution in [0.2, 0.25) is 0 Å². The minimum atomic E-state index is -2.69. The average Bonchev–Trinajstić information content (AvgIpc) is 2.37. The Morgan fingerprint density at radius 1 is 1.37 bits per heavy atom. The molecule has 0 bridgehead atoms. The van der Waals surface area contributed by atoms with Crippen molar-refractivity contribution in [1.29, 1.82) is 5.26 Å². The molecule has 0 radical (unpaired) electrons. The van der Waals surface area contributed by atoms with Crippen LogP contribution in [0.5, 0.6) is 0 Å². The van der Waals surface area contributed by atoms with E-state index in [0.717, 1.165) is 0 Å². The number of alkyl halides is 2. The van der Waals surface area contributed by atoms with Crippen molar-refractivity contribution in [3.63, 3.8) is 0 Å². The second kappa shape index (κ2) is 4.80. The number of nitro groups is 1. The number of benzene rings is 1. The third-order valence-corrected chi connectivity index (χ3v) is 3.16. The van der Waals surface area contributed by atoms with Crippen LogP contribution < -0.4 is 4.90 Å². The molecule has 19 heavy (non-hydrogen) atoms. The second-order valence-electron chi connectivity index (χ2n) is 4.38. The van der Waals surface area contributed by atoms with E-state index in [1.807, 2.05) is 0 Å². The topological polar surface area (TPSA) is 70.2 Å². The minimum absolute atomic E-state index is 0.0716. The normalized spacial score (nSPS) is 17.8. The lowest BCUT2D eigenvalue weighted by atomic mass is 10.0.